The van der Waals surface area contributed by atoms with E-state index in [1.54, 1.807) is 24.3 Å². The number of hydrogen-bond donors (Lipinski definition) is 3. The first-order chi connectivity index (χ1) is 10.0. The summed E-state index contributed by atoms with van der Waals surface area (Å²) in [5, 5.41) is 15.1. The Bertz CT molecular complexity index is 527. The van der Waals surface area contributed by atoms with Gasteiger partial charge in [-0.1, -0.05) is 43.0 Å². The highest BCUT2D eigenvalue weighted by Crippen LogP contribution is 2.31. The molecule has 0 unspecified atom stereocenters. The van der Waals surface area contributed by atoms with Crippen molar-refractivity contribution in [3.05, 3.63) is 29.3 Å². The van der Waals surface area contributed by atoms with E-state index < -0.39 is 17.5 Å². The van der Waals surface area contributed by atoms with E-state index in [0.717, 1.165) is 19.3 Å². The summed E-state index contributed by atoms with van der Waals surface area (Å²) in [5.41, 5.74) is -0.145. The molecule has 0 radical (unpaired) electrons. The number of carboxylic acids is 1. The molecule has 0 aromatic heterocycles. The van der Waals surface area contributed by atoms with Crippen LogP contribution in [-0.4, -0.2) is 22.6 Å². The highest BCUT2D eigenvalue weighted by Gasteiger charge is 2.35. The molecule has 2 rings (SSSR count). The van der Waals surface area contributed by atoms with Gasteiger partial charge in [0.05, 0.1) is 22.7 Å². The maximum Gasteiger partial charge on any atom is 0.319 e. The minimum absolute atomic E-state index is 0.0526. The van der Waals surface area contributed by atoms with Crippen molar-refractivity contribution in [3.8, 4) is 0 Å². The van der Waals surface area contributed by atoms with Crippen LogP contribution in [0.25, 0.3) is 0 Å². The van der Waals surface area contributed by atoms with Gasteiger partial charge >= 0.3 is 12.0 Å². The molecule has 0 spiro atoms. The van der Waals surface area contributed by atoms with Gasteiger partial charge in [-0.3, -0.25) is 4.79 Å². The Morgan fingerprint density at radius 3 is 2.48 bits per heavy atom. The second-order valence-electron chi connectivity index (χ2n) is 5.47. The average Bonchev–Trinajstić information content (AvgIpc) is 2.41. The Labute approximate surface area is 128 Å². The van der Waals surface area contributed by atoms with Gasteiger partial charge in [-0.25, -0.2) is 4.79 Å². The van der Waals surface area contributed by atoms with Gasteiger partial charge in [0.1, 0.15) is 0 Å². The van der Waals surface area contributed by atoms with Crippen LogP contribution in [0.1, 0.15) is 38.5 Å². The number of para-hydroxylation sites is 1. The lowest BCUT2D eigenvalue weighted by Gasteiger charge is -2.36. The smallest absolute Gasteiger partial charge is 0.319 e. The zero-order valence-electron chi connectivity index (χ0n) is 11.7. The number of amides is 2. The molecule has 1 fully saturated rings. The quantitative estimate of drug-likeness (QED) is 0.794. The predicted molar refractivity (Wildman–Crippen MR) is 81.7 cm³/mol. The Kier molecular flexibility index (Phi) is 5.07. The van der Waals surface area contributed by atoms with Crippen molar-refractivity contribution >= 4 is 29.3 Å². The van der Waals surface area contributed by atoms with Crippen LogP contribution >= 0.6 is 11.6 Å². The number of carbonyl (C=O) groups excluding carboxylic acids is 1. The van der Waals surface area contributed by atoms with Crippen LogP contribution in [0.15, 0.2) is 24.3 Å². The van der Waals surface area contributed by atoms with Crippen LogP contribution < -0.4 is 10.6 Å². The van der Waals surface area contributed by atoms with Crippen LogP contribution in [0.2, 0.25) is 5.02 Å². The van der Waals surface area contributed by atoms with Crippen LogP contribution in [0.3, 0.4) is 0 Å². The van der Waals surface area contributed by atoms with Gasteiger partial charge in [-0.15, -0.1) is 0 Å². The van der Waals surface area contributed by atoms with Gasteiger partial charge < -0.3 is 15.7 Å². The number of aliphatic carboxylic acids is 1. The fourth-order valence-corrected chi connectivity index (χ4v) is 3.00. The van der Waals surface area contributed by atoms with E-state index in [1.165, 1.54) is 0 Å². The molecule has 114 valence electrons. The molecule has 2 amide bonds. The first-order valence-electron chi connectivity index (χ1n) is 7.06. The molecule has 6 heteroatoms. The van der Waals surface area contributed by atoms with E-state index in [4.69, 9.17) is 16.7 Å². The van der Waals surface area contributed by atoms with Gasteiger partial charge in [0.25, 0.3) is 0 Å². The summed E-state index contributed by atoms with van der Waals surface area (Å²) in [7, 11) is 0. The lowest BCUT2D eigenvalue weighted by molar-refractivity contribution is -0.138. The molecule has 0 saturated heterocycles. The molecule has 3 N–H and O–H groups in total. The van der Waals surface area contributed by atoms with Gasteiger partial charge in [0, 0.05) is 0 Å². The Morgan fingerprint density at radius 1 is 1.19 bits per heavy atom. The van der Waals surface area contributed by atoms with Gasteiger partial charge in [-0.2, -0.15) is 0 Å². The lowest BCUT2D eigenvalue weighted by atomic mass is 9.79. The Balaban J connectivity index is 2.04. The summed E-state index contributed by atoms with van der Waals surface area (Å²) in [5.74, 6) is -0.894. The van der Waals surface area contributed by atoms with Gasteiger partial charge in [0.15, 0.2) is 0 Å². The monoisotopic (exact) mass is 310 g/mol. The largest absolute Gasteiger partial charge is 0.481 e. The zero-order chi connectivity index (χ0) is 15.3. The molecule has 1 aliphatic rings. The van der Waals surface area contributed by atoms with Gasteiger partial charge in [0.2, 0.25) is 0 Å². The molecule has 0 bridgehead atoms. The molecule has 5 nitrogen and oxygen atoms in total. The van der Waals surface area contributed by atoms with E-state index in [1.807, 2.05) is 0 Å². The van der Waals surface area contributed by atoms with Crippen molar-refractivity contribution < 1.29 is 14.7 Å². The maximum absolute atomic E-state index is 12.1. The fraction of sp³-hybridized carbons (Fsp3) is 0.467. The van der Waals surface area contributed by atoms with E-state index in [-0.39, 0.29) is 6.42 Å². The molecule has 0 atom stereocenters. The van der Waals surface area contributed by atoms with E-state index in [0.29, 0.717) is 23.6 Å². The summed E-state index contributed by atoms with van der Waals surface area (Å²) in [6.45, 7) is 0. The summed E-state index contributed by atoms with van der Waals surface area (Å²) in [6.07, 6.45) is 4.27. The minimum atomic E-state index is -0.894. The normalized spacial score (nSPS) is 17.0. The number of benzene rings is 1. The van der Waals surface area contributed by atoms with E-state index >= 15 is 0 Å². The zero-order valence-corrected chi connectivity index (χ0v) is 12.4. The number of anilines is 1. The van der Waals surface area contributed by atoms with Crippen LogP contribution in [-0.2, 0) is 4.79 Å². The number of hydrogen-bond acceptors (Lipinski definition) is 2. The second-order valence-corrected chi connectivity index (χ2v) is 5.88. The standard InChI is InChI=1S/C15H19ClN2O3/c16-11-6-2-3-7-12(11)17-14(21)18-15(10-13(19)20)8-4-1-5-9-15/h2-3,6-7H,1,4-5,8-10H2,(H,19,20)(H2,17,18,21). The second kappa shape index (κ2) is 6.80. The molecule has 1 aromatic carbocycles. The number of nitrogens with one attached hydrogen (secondary N) is 2. The summed E-state index contributed by atoms with van der Waals surface area (Å²) in [4.78, 5) is 23.2. The fourth-order valence-electron chi connectivity index (χ4n) is 2.82. The molecular weight excluding hydrogens is 292 g/mol. The van der Waals surface area contributed by atoms with Crippen molar-refractivity contribution in [2.24, 2.45) is 0 Å². The van der Waals surface area contributed by atoms with Crippen LogP contribution in [0, 0.1) is 0 Å². The number of rotatable bonds is 4. The molecule has 21 heavy (non-hydrogen) atoms. The first kappa shape index (κ1) is 15.6. The Hall–Kier alpha value is -1.75. The number of halogens is 1. The highest BCUT2D eigenvalue weighted by atomic mass is 35.5. The summed E-state index contributed by atoms with van der Waals surface area (Å²) in [6, 6.07) is 6.52. The van der Waals surface area contributed by atoms with Crippen molar-refractivity contribution in [3.63, 3.8) is 0 Å². The van der Waals surface area contributed by atoms with Crippen LogP contribution in [0.5, 0.6) is 0 Å². The molecule has 0 heterocycles. The van der Waals surface area contributed by atoms with E-state index in [2.05, 4.69) is 10.6 Å². The molecule has 1 saturated carbocycles. The molecule has 1 aliphatic carbocycles. The third kappa shape index (κ3) is 4.36. The molecule has 1 aromatic rings. The van der Waals surface area contributed by atoms with Crippen LogP contribution in [0.4, 0.5) is 10.5 Å². The summed E-state index contributed by atoms with van der Waals surface area (Å²) < 4.78 is 0. The number of urea groups is 1. The summed E-state index contributed by atoms with van der Waals surface area (Å²) >= 11 is 5.99. The minimum Gasteiger partial charge on any atom is -0.481 e. The highest BCUT2D eigenvalue weighted by molar-refractivity contribution is 6.33. The number of carbonyl (C=O) groups is 2. The topological polar surface area (TPSA) is 78.4 Å². The molecular formula is C15H19ClN2O3. The average molecular weight is 311 g/mol. The van der Waals surface area contributed by atoms with Gasteiger partial charge in [-0.05, 0) is 25.0 Å². The SMILES string of the molecule is O=C(O)CC1(NC(=O)Nc2ccccc2Cl)CCCCC1. The van der Waals surface area contributed by atoms with Crippen molar-refractivity contribution in [2.45, 2.75) is 44.1 Å². The number of carboxylic acid groups (broad SMARTS) is 1. The third-order valence-electron chi connectivity index (χ3n) is 3.80. The Morgan fingerprint density at radius 2 is 1.86 bits per heavy atom. The maximum atomic E-state index is 12.1. The third-order valence-corrected chi connectivity index (χ3v) is 4.13. The lowest BCUT2D eigenvalue weighted by Crippen LogP contribution is -2.52. The van der Waals surface area contributed by atoms with Crippen molar-refractivity contribution in [1.82, 2.24) is 5.32 Å². The van der Waals surface area contributed by atoms with E-state index in [9.17, 15) is 9.59 Å². The van der Waals surface area contributed by atoms with Crippen molar-refractivity contribution in [2.75, 3.05) is 5.32 Å². The molecule has 0 aliphatic heterocycles. The van der Waals surface area contributed by atoms with Crippen molar-refractivity contribution in [1.29, 1.82) is 0 Å². The first-order valence-corrected chi connectivity index (χ1v) is 7.44. The predicted octanol–water partition coefficient (Wildman–Crippen LogP) is 3.64.